The largest absolute Gasteiger partial charge is 0.488 e. The number of halogens is 4. The first-order chi connectivity index (χ1) is 17.0. The molecule has 0 bridgehead atoms. The van der Waals surface area contributed by atoms with E-state index in [1.807, 2.05) is 0 Å². The molecule has 1 amide bonds. The number of nitro benzene ring substituents is 1. The number of nitrogens with zero attached hydrogens (tertiary/aromatic N) is 2. The number of non-ortho nitro benzene ring substituents is 1. The molecule has 36 heavy (non-hydrogen) atoms. The first kappa shape index (κ1) is 25.3. The number of benzene rings is 3. The minimum Gasteiger partial charge on any atom is -0.488 e. The molecule has 1 aliphatic heterocycles. The third kappa shape index (κ3) is 5.55. The van der Waals surface area contributed by atoms with Crippen LogP contribution in [0.2, 0.25) is 0 Å². The number of carbonyl (C=O) groups is 1. The Kier molecular flexibility index (Phi) is 7.09. The molecule has 0 radical (unpaired) electrons. The number of nitro groups is 1. The van der Waals surface area contributed by atoms with Crippen LogP contribution < -0.4 is 9.64 Å². The SMILES string of the molecule is O=C1/C(=C\c2cc([N+](=O)[O-])ccc2OCc2ccc(F)cc2)SC(=S)N1c1cccc(C(F)(F)F)c1. The Labute approximate surface area is 211 Å². The lowest BCUT2D eigenvalue weighted by Crippen LogP contribution is -2.27. The molecule has 4 rings (SSSR count). The summed E-state index contributed by atoms with van der Waals surface area (Å²) in [5, 5.41) is 11.3. The molecule has 0 aliphatic carbocycles. The van der Waals surface area contributed by atoms with E-state index in [0.717, 1.165) is 28.8 Å². The Balaban J connectivity index is 1.66. The number of ether oxygens (including phenoxy) is 1. The number of thioether (sulfide) groups is 1. The Bertz CT molecular complexity index is 1390. The number of carbonyl (C=O) groups excluding carboxylic acids is 1. The minimum atomic E-state index is -4.61. The normalized spacial score (nSPS) is 15.0. The van der Waals surface area contributed by atoms with Gasteiger partial charge in [0.15, 0.2) is 4.32 Å². The topological polar surface area (TPSA) is 72.7 Å². The second kappa shape index (κ2) is 10.1. The summed E-state index contributed by atoms with van der Waals surface area (Å²) in [4.78, 5) is 24.8. The van der Waals surface area contributed by atoms with E-state index in [-0.39, 0.29) is 38.5 Å². The highest BCUT2D eigenvalue weighted by atomic mass is 32.2. The molecule has 1 saturated heterocycles. The van der Waals surface area contributed by atoms with Crippen molar-refractivity contribution in [2.75, 3.05) is 4.90 Å². The van der Waals surface area contributed by atoms with E-state index in [2.05, 4.69) is 0 Å². The van der Waals surface area contributed by atoms with E-state index in [1.54, 1.807) is 0 Å². The summed E-state index contributed by atoms with van der Waals surface area (Å²) >= 11 is 6.08. The maximum Gasteiger partial charge on any atom is 0.416 e. The molecule has 1 fully saturated rings. The van der Waals surface area contributed by atoms with Gasteiger partial charge in [-0.1, -0.05) is 42.2 Å². The number of amides is 1. The lowest BCUT2D eigenvalue weighted by Gasteiger charge is -2.16. The van der Waals surface area contributed by atoms with E-state index in [4.69, 9.17) is 17.0 Å². The second-order valence-corrected chi connectivity index (χ2v) is 9.14. The molecule has 6 nitrogen and oxygen atoms in total. The minimum absolute atomic E-state index is 0.00443. The summed E-state index contributed by atoms with van der Waals surface area (Å²) in [7, 11) is 0. The average molecular weight is 535 g/mol. The van der Waals surface area contributed by atoms with E-state index >= 15 is 0 Å². The molecule has 0 unspecified atom stereocenters. The Morgan fingerprint density at radius 2 is 1.81 bits per heavy atom. The van der Waals surface area contributed by atoms with E-state index in [1.165, 1.54) is 60.7 Å². The zero-order chi connectivity index (χ0) is 26.0. The number of thiocarbonyl (C=S) groups is 1. The lowest BCUT2D eigenvalue weighted by atomic mass is 10.1. The summed E-state index contributed by atoms with van der Waals surface area (Å²) in [6, 6.07) is 13.5. The van der Waals surface area contributed by atoms with Crippen LogP contribution in [0, 0.1) is 15.9 Å². The van der Waals surface area contributed by atoms with Crippen LogP contribution in [0.3, 0.4) is 0 Å². The van der Waals surface area contributed by atoms with Crippen molar-refractivity contribution >= 4 is 51.7 Å². The fourth-order valence-electron chi connectivity index (χ4n) is 3.29. The van der Waals surface area contributed by atoms with Gasteiger partial charge in [-0.2, -0.15) is 13.2 Å². The smallest absolute Gasteiger partial charge is 0.416 e. The molecule has 0 aromatic heterocycles. The fourth-order valence-corrected chi connectivity index (χ4v) is 4.58. The van der Waals surface area contributed by atoms with Gasteiger partial charge in [0.1, 0.15) is 18.2 Å². The molecule has 3 aromatic rings. The molecule has 1 heterocycles. The summed E-state index contributed by atoms with van der Waals surface area (Å²) < 4.78 is 58.3. The van der Waals surface area contributed by atoms with Crippen molar-refractivity contribution in [3.8, 4) is 5.75 Å². The average Bonchev–Trinajstić information content (AvgIpc) is 3.11. The van der Waals surface area contributed by atoms with Gasteiger partial charge in [-0.15, -0.1) is 0 Å². The van der Waals surface area contributed by atoms with Crippen molar-refractivity contribution in [2.45, 2.75) is 12.8 Å². The van der Waals surface area contributed by atoms with Crippen molar-refractivity contribution in [1.82, 2.24) is 0 Å². The highest BCUT2D eigenvalue weighted by Crippen LogP contribution is 2.39. The van der Waals surface area contributed by atoms with Crippen LogP contribution in [-0.2, 0) is 17.6 Å². The van der Waals surface area contributed by atoms with Gasteiger partial charge in [0.2, 0.25) is 0 Å². The maximum absolute atomic E-state index is 13.1. The van der Waals surface area contributed by atoms with Gasteiger partial charge in [0.25, 0.3) is 11.6 Å². The molecular weight excluding hydrogens is 520 g/mol. The van der Waals surface area contributed by atoms with Crippen LogP contribution in [0.4, 0.5) is 28.9 Å². The van der Waals surface area contributed by atoms with Crippen LogP contribution in [0.1, 0.15) is 16.7 Å². The monoisotopic (exact) mass is 534 g/mol. The molecule has 0 saturated carbocycles. The third-order valence-corrected chi connectivity index (χ3v) is 6.33. The summed E-state index contributed by atoms with van der Waals surface area (Å²) in [6.45, 7) is 0.0180. The van der Waals surface area contributed by atoms with Crippen LogP contribution in [-0.4, -0.2) is 15.2 Å². The highest BCUT2D eigenvalue weighted by molar-refractivity contribution is 8.27. The Morgan fingerprint density at radius 3 is 2.47 bits per heavy atom. The molecule has 1 aliphatic rings. The first-order valence-corrected chi connectivity index (χ1v) is 11.4. The maximum atomic E-state index is 13.1. The summed E-state index contributed by atoms with van der Waals surface area (Å²) in [6.07, 6.45) is -3.27. The molecule has 0 atom stereocenters. The molecule has 0 spiro atoms. The van der Waals surface area contributed by atoms with Gasteiger partial charge in [-0.25, -0.2) is 4.39 Å². The predicted octanol–water partition coefficient (Wildman–Crippen LogP) is 6.74. The van der Waals surface area contributed by atoms with Gasteiger partial charge in [-0.05, 0) is 48.0 Å². The van der Waals surface area contributed by atoms with Crippen LogP contribution in [0.5, 0.6) is 5.75 Å². The number of rotatable bonds is 6. The predicted molar refractivity (Wildman–Crippen MR) is 131 cm³/mol. The molecule has 184 valence electrons. The van der Waals surface area contributed by atoms with Gasteiger partial charge < -0.3 is 4.74 Å². The zero-order valence-corrected chi connectivity index (χ0v) is 19.6. The molecule has 12 heteroatoms. The number of hydrogen-bond acceptors (Lipinski definition) is 6. The standard InChI is InChI=1S/C24H14F4N2O4S2/c25-17-6-4-14(5-7-17)13-34-20-9-8-19(30(32)33)10-15(20)11-21-22(31)29(23(35)36-21)18-3-1-2-16(12-18)24(26,27)28/h1-12H,13H2/b21-11+. The van der Waals surface area contributed by atoms with Crippen molar-refractivity contribution in [1.29, 1.82) is 0 Å². The lowest BCUT2D eigenvalue weighted by molar-refractivity contribution is -0.384. The first-order valence-electron chi connectivity index (χ1n) is 10.1. The van der Waals surface area contributed by atoms with E-state index in [9.17, 15) is 32.5 Å². The Morgan fingerprint density at radius 1 is 1.08 bits per heavy atom. The van der Waals surface area contributed by atoms with E-state index in [0.29, 0.717) is 5.56 Å². The van der Waals surface area contributed by atoms with Gasteiger partial charge in [0, 0.05) is 17.7 Å². The quantitative estimate of drug-likeness (QED) is 0.115. The molecular formula is C24H14F4N2O4S2. The molecule has 0 N–H and O–H groups in total. The third-order valence-electron chi connectivity index (χ3n) is 5.02. The fraction of sp³-hybridized carbons (Fsp3) is 0.0833. The van der Waals surface area contributed by atoms with Gasteiger partial charge >= 0.3 is 6.18 Å². The van der Waals surface area contributed by atoms with Crippen LogP contribution in [0.25, 0.3) is 6.08 Å². The van der Waals surface area contributed by atoms with E-state index < -0.39 is 28.4 Å². The van der Waals surface area contributed by atoms with Crippen molar-refractivity contribution in [3.63, 3.8) is 0 Å². The van der Waals surface area contributed by atoms with Crippen LogP contribution in [0.15, 0.2) is 71.6 Å². The number of alkyl halides is 3. The highest BCUT2D eigenvalue weighted by Gasteiger charge is 2.36. The zero-order valence-electron chi connectivity index (χ0n) is 18.0. The molecule has 3 aromatic carbocycles. The van der Waals surface area contributed by atoms with Crippen molar-refractivity contribution in [3.05, 3.63) is 104 Å². The number of anilines is 1. The second-order valence-electron chi connectivity index (χ2n) is 7.46. The Hall–Kier alpha value is -3.77. The van der Waals surface area contributed by atoms with Gasteiger partial charge in [-0.3, -0.25) is 19.8 Å². The van der Waals surface area contributed by atoms with Crippen molar-refractivity contribution in [2.24, 2.45) is 0 Å². The number of hydrogen-bond donors (Lipinski definition) is 0. The van der Waals surface area contributed by atoms with Gasteiger partial charge in [0.05, 0.1) is 21.1 Å². The summed E-state index contributed by atoms with van der Waals surface area (Å²) in [5.41, 5.74) is -0.424. The van der Waals surface area contributed by atoms with Crippen molar-refractivity contribution < 1.29 is 32.0 Å². The van der Waals surface area contributed by atoms with Crippen LogP contribution >= 0.6 is 24.0 Å². The summed E-state index contributed by atoms with van der Waals surface area (Å²) in [5.74, 6) is -0.896.